The second-order valence-corrected chi connectivity index (χ2v) is 17.9. The molecule has 320 valence electrons. The maximum absolute atomic E-state index is 6.28. The highest BCUT2D eigenvalue weighted by molar-refractivity contribution is 6.17. The number of furan rings is 2. The third-order valence-corrected chi connectivity index (χ3v) is 14.0. The third-order valence-electron chi connectivity index (χ3n) is 14.0. The lowest BCUT2D eigenvalue weighted by Crippen LogP contribution is -2.01. The lowest BCUT2D eigenvalue weighted by Gasteiger charge is -2.14. The van der Waals surface area contributed by atoms with Crippen molar-refractivity contribution in [3.05, 3.63) is 218 Å². The van der Waals surface area contributed by atoms with E-state index in [1.54, 1.807) is 0 Å². The second kappa shape index (κ2) is 14.6. The Bertz CT molecular complexity index is 4310. The number of fused-ring (bicyclic) bond motifs is 14. The summed E-state index contributed by atoms with van der Waals surface area (Å²) in [6, 6.07) is 77.0. The Balaban J connectivity index is 0.964. The summed E-state index contributed by atoms with van der Waals surface area (Å²) in [7, 11) is 0. The van der Waals surface area contributed by atoms with Gasteiger partial charge in [-0.05, 0) is 100 Å². The summed E-state index contributed by atoms with van der Waals surface area (Å²) in [5.41, 5.74) is 18.6. The van der Waals surface area contributed by atoms with Gasteiger partial charge in [-0.3, -0.25) is 0 Å². The lowest BCUT2D eigenvalue weighted by molar-refractivity contribution is 0.668. The van der Waals surface area contributed by atoms with E-state index < -0.39 is 0 Å². The summed E-state index contributed by atoms with van der Waals surface area (Å²) >= 11 is 0. The zero-order valence-electron chi connectivity index (χ0n) is 36.9. The molecule has 0 spiro atoms. The van der Waals surface area contributed by atoms with E-state index in [4.69, 9.17) is 23.8 Å². The Kier molecular flexibility index (Phi) is 7.97. The standard InChI is InChI=1S/C63H36N4O2/c1-2-13-37(14-3-1)61-64-62(40-25-28-47-51-21-12-20-50-45-16-5-4-15-44(45)46-17-6-9-22-54(46)67(60(50)51)55(47)36-40)66-63(65-61)43-32-41(38-26-29-58-52(34-38)48-18-7-10-23-56(48)68-58)31-42(33-43)39-27-30-59-53(35-39)49-19-8-11-24-57(49)69-59/h1-36H. The molecule has 6 nitrogen and oxygen atoms in total. The first kappa shape index (κ1) is 37.8. The van der Waals surface area contributed by atoms with Gasteiger partial charge < -0.3 is 13.4 Å². The molecule has 0 aliphatic carbocycles. The highest BCUT2D eigenvalue weighted by Crippen LogP contribution is 2.47. The van der Waals surface area contributed by atoms with Crippen LogP contribution in [0.4, 0.5) is 0 Å². The van der Waals surface area contributed by atoms with Crippen LogP contribution in [0.1, 0.15) is 0 Å². The zero-order chi connectivity index (χ0) is 45.2. The SMILES string of the molecule is c1ccc(-c2nc(-c3cc(-c4ccc5oc6ccccc6c5c4)cc(-c4ccc5oc6ccccc6c5c4)c3)nc(-c3ccc4c5cccc6c5n(c4c3)-c3ccccc3-c3ccccc3-6)n2)cc1. The molecule has 0 saturated carbocycles. The van der Waals surface area contributed by atoms with Crippen molar-refractivity contribution in [3.8, 4) is 84.4 Å². The van der Waals surface area contributed by atoms with E-state index in [0.29, 0.717) is 17.5 Å². The van der Waals surface area contributed by atoms with Crippen LogP contribution in [-0.2, 0) is 0 Å². The molecular formula is C63H36N4O2. The van der Waals surface area contributed by atoms with Gasteiger partial charge >= 0.3 is 0 Å². The van der Waals surface area contributed by atoms with Crippen LogP contribution in [0, 0.1) is 0 Å². The molecule has 0 fully saturated rings. The molecule has 1 aliphatic rings. The van der Waals surface area contributed by atoms with E-state index in [9.17, 15) is 0 Å². The monoisotopic (exact) mass is 880 g/mol. The van der Waals surface area contributed by atoms with Gasteiger partial charge in [0.05, 0.1) is 16.7 Å². The van der Waals surface area contributed by atoms with Crippen LogP contribution in [0.5, 0.6) is 0 Å². The van der Waals surface area contributed by atoms with Crippen molar-refractivity contribution in [2.75, 3.05) is 0 Å². The van der Waals surface area contributed by atoms with Gasteiger partial charge in [-0.2, -0.15) is 0 Å². The molecule has 69 heavy (non-hydrogen) atoms. The van der Waals surface area contributed by atoms with Gasteiger partial charge in [0.2, 0.25) is 0 Å². The van der Waals surface area contributed by atoms with Crippen LogP contribution < -0.4 is 0 Å². The molecule has 0 atom stereocenters. The average molecular weight is 881 g/mol. The number of hydrogen-bond donors (Lipinski definition) is 0. The van der Waals surface area contributed by atoms with E-state index in [2.05, 4.69) is 180 Å². The molecule has 0 saturated heterocycles. The summed E-state index contributed by atoms with van der Waals surface area (Å²) in [6.07, 6.45) is 0. The van der Waals surface area contributed by atoms with Crippen LogP contribution >= 0.6 is 0 Å². The molecule has 14 aromatic rings. The number of para-hydroxylation sites is 4. The molecule has 0 N–H and O–H groups in total. The Morgan fingerprint density at radius 2 is 0.768 bits per heavy atom. The van der Waals surface area contributed by atoms with E-state index in [-0.39, 0.29) is 0 Å². The molecule has 5 heterocycles. The first-order valence-corrected chi connectivity index (χ1v) is 23.2. The van der Waals surface area contributed by atoms with Crippen molar-refractivity contribution in [2.45, 2.75) is 0 Å². The van der Waals surface area contributed by atoms with Crippen molar-refractivity contribution in [3.63, 3.8) is 0 Å². The van der Waals surface area contributed by atoms with Gasteiger partial charge in [0.15, 0.2) is 17.5 Å². The maximum Gasteiger partial charge on any atom is 0.164 e. The molecule has 4 aromatic heterocycles. The van der Waals surface area contributed by atoms with Gasteiger partial charge in [-0.25, -0.2) is 15.0 Å². The average Bonchev–Trinajstić information content (AvgIpc) is 4.07. The normalized spacial score (nSPS) is 12.1. The largest absolute Gasteiger partial charge is 0.456 e. The number of nitrogens with zero attached hydrogens (tertiary/aromatic N) is 4. The van der Waals surface area contributed by atoms with E-state index in [1.807, 2.05) is 42.5 Å². The fourth-order valence-corrected chi connectivity index (χ4v) is 10.8. The topological polar surface area (TPSA) is 69.9 Å². The number of aromatic nitrogens is 4. The number of hydrogen-bond acceptors (Lipinski definition) is 5. The molecule has 6 heteroatoms. The van der Waals surface area contributed by atoms with Crippen LogP contribution in [0.25, 0.3) is 150 Å². The van der Waals surface area contributed by atoms with Crippen LogP contribution in [0.3, 0.4) is 0 Å². The van der Waals surface area contributed by atoms with Gasteiger partial charge in [-0.1, -0.05) is 152 Å². The maximum atomic E-state index is 6.28. The van der Waals surface area contributed by atoms with Crippen LogP contribution in [0.2, 0.25) is 0 Å². The van der Waals surface area contributed by atoms with E-state index in [1.165, 1.54) is 38.5 Å². The third kappa shape index (κ3) is 5.82. The highest BCUT2D eigenvalue weighted by atomic mass is 16.3. The fraction of sp³-hybridized carbons (Fsp3) is 0. The Labute approximate surface area is 395 Å². The summed E-state index contributed by atoms with van der Waals surface area (Å²) in [6.45, 7) is 0. The molecule has 1 aliphatic heterocycles. The predicted molar refractivity (Wildman–Crippen MR) is 280 cm³/mol. The molecule has 0 unspecified atom stereocenters. The number of benzene rings is 10. The van der Waals surface area contributed by atoms with Crippen molar-refractivity contribution in [1.29, 1.82) is 0 Å². The van der Waals surface area contributed by atoms with Crippen molar-refractivity contribution >= 4 is 65.7 Å². The van der Waals surface area contributed by atoms with E-state index >= 15 is 0 Å². The number of rotatable bonds is 5. The minimum Gasteiger partial charge on any atom is -0.456 e. The smallest absolute Gasteiger partial charge is 0.164 e. The molecular weight excluding hydrogens is 845 g/mol. The summed E-state index contributed by atoms with van der Waals surface area (Å²) in [5.74, 6) is 1.77. The van der Waals surface area contributed by atoms with Gasteiger partial charge in [0.25, 0.3) is 0 Å². The minimum absolute atomic E-state index is 0.577. The van der Waals surface area contributed by atoms with Gasteiger partial charge in [0.1, 0.15) is 22.3 Å². The minimum atomic E-state index is 0.577. The quantitative estimate of drug-likeness (QED) is 0.172. The first-order chi connectivity index (χ1) is 34.2. The first-order valence-electron chi connectivity index (χ1n) is 23.2. The lowest BCUT2D eigenvalue weighted by atomic mass is 9.94. The second-order valence-electron chi connectivity index (χ2n) is 17.9. The van der Waals surface area contributed by atoms with E-state index in [0.717, 1.165) is 94.0 Å². The van der Waals surface area contributed by atoms with Crippen LogP contribution in [0.15, 0.2) is 227 Å². The van der Waals surface area contributed by atoms with Gasteiger partial charge in [-0.15, -0.1) is 0 Å². The fourth-order valence-electron chi connectivity index (χ4n) is 10.8. The zero-order valence-corrected chi connectivity index (χ0v) is 36.9. The van der Waals surface area contributed by atoms with Crippen molar-refractivity contribution in [1.82, 2.24) is 19.5 Å². The Morgan fingerprint density at radius 1 is 0.275 bits per heavy atom. The van der Waals surface area contributed by atoms with Gasteiger partial charge in [0, 0.05) is 60.1 Å². The molecule has 15 rings (SSSR count). The van der Waals surface area contributed by atoms with Crippen LogP contribution in [-0.4, -0.2) is 19.5 Å². The molecule has 10 aromatic carbocycles. The predicted octanol–water partition coefficient (Wildman–Crippen LogP) is 16.7. The molecule has 0 radical (unpaired) electrons. The molecule has 0 amide bonds. The summed E-state index contributed by atoms with van der Waals surface area (Å²) in [5, 5.41) is 6.67. The summed E-state index contributed by atoms with van der Waals surface area (Å²) in [4.78, 5) is 16.0. The van der Waals surface area contributed by atoms with Crippen molar-refractivity contribution in [2.24, 2.45) is 0 Å². The Hall–Kier alpha value is -9.39. The molecule has 0 bridgehead atoms. The summed E-state index contributed by atoms with van der Waals surface area (Å²) < 4.78 is 15.0. The highest BCUT2D eigenvalue weighted by Gasteiger charge is 2.25. The Morgan fingerprint density at radius 3 is 1.45 bits per heavy atom. The van der Waals surface area contributed by atoms with Crippen molar-refractivity contribution < 1.29 is 8.83 Å².